The molecule has 0 saturated heterocycles. The number of methoxy groups -OCH3 is 1. The zero-order valence-corrected chi connectivity index (χ0v) is 17.6. The number of nitrogens with zero attached hydrogens (tertiary/aromatic N) is 4. The van der Waals surface area contributed by atoms with E-state index in [1.807, 2.05) is 0 Å². The Hall–Kier alpha value is -3.49. The van der Waals surface area contributed by atoms with Crippen molar-refractivity contribution in [1.82, 2.24) is 15.2 Å². The monoisotopic (exact) mass is 424 g/mol. The lowest BCUT2D eigenvalue weighted by atomic mass is 10.1. The third-order valence-corrected chi connectivity index (χ3v) is 4.98. The molecule has 164 valence electrons. The minimum absolute atomic E-state index is 0.191. The summed E-state index contributed by atoms with van der Waals surface area (Å²) in [7, 11) is 1.49. The van der Waals surface area contributed by atoms with Gasteiger partial charge in [0.25, 0.3) is 0 Å². The number of hydrogen-bond donors (Lipinski definition) is 3. The van der Waals surface area contributed by atoms with Gasteiger partial charge in [-0.05, 0) is 55.9 Å². The van der Waals surface area contributed by atoms with E-state index in [2.05, 4.69) is 32.6 Å². The molecular formula is C22H28N6O3. The van der Waals surface area contributed by atoms with Crippen molar-refractivity contribution in [2.24, 2.45) is 10.7 Å². The summed E-state index contributed by atoms with van der Waals surface area (Å²) in [6.07, 6.45) is 7.68. The van der Waals surface area contributed by atoms with Crippen LogP contribution in [0.5, 0.6) is 5.88 Å². The molecule has 0 aliphatic carbocycles. The van der Waals surface area contributed by atoms with Crippen molar-refractivity contribution in [3.63, 3.8) is 0 Å². The number of carboxylic acids is 1. The first-order valence-electron chi connectivity index (χ1n) is 10.3. The van der Waals surface area contributed by atoms with Gasteiger partial charge in [-0.2, -0.15) is 0 Å². The Morgan fingerprint density at radius 1 is 1.35 bits per heavy atom. The first-order valence-corrected chi connectivity index (χ1v) is 10.3. The van der Waals surface area contributed by atoms with E-state index in [-0.39, 0.29) is 6.42 Å². The van der Waals surface area contributed by atoms with Crippen LogP contribution < -0.4 is 15.8 Å². The fourth-order valence-corrected chi connectivity index (χ4v) is 3.32. The van der Waals surface area contributed by atoms with Crippen molar-refractivity contribution in [3.05, 3.63) is 53.0 Å². The predicted molar refractivity (Wildman–Crippen MR) is 118 cm³/mol. The maximum Gasteiger partial charge on any atom is 0.305 e. The highest BCUT2D eigenvalue weighted by Gasteiger charge is 2.16. The summed E-state index contributed by atoms with van der Waals surface area (Å²) in [6.45, 7) is 0.976. The Morgan fingerprint density at radius 3 is 2.97 bits per heavy atom. The Labute approximate surface area is 181 Å². The van der Waals surface area contributed by atoms with E-state index in [0.29, 0.717) is 23.7 Å². The number of aromatic nitrogens is 3. The van der Waals surface area contributed by atoms with Gasteiger partial charge in [0.1, 0.15) is 11.9 Å². The van der Waals surface area contributed by atoms with Crippen molar-refractivity contribution in [3.8, 4) is 5.88 Å². The van der Waals surface area contributed by atoms with Crippen molar-refractivity contribution in [1.29, 1.82) is 0 Å². The Bertz CT molecular complexity index is 943. The fraction of sp³-hybridized carbons (Fsp3) is 0.409. The normalized spacial score (nSPS) is 14.7. The van der Waals surface area contributed by atoms with Crippen LogP contribution in [0.1, 0.15) is 48.7 Å². The quantitative estimate of drug-likeness (QED) is 0.495. The summed E-state index contributed by atoms with van der Waals surface area (Å²) in [4.78, 5) is 20.2. The summed E-state index contributed by atoms with van der Waals surface area (Å²) in [5.74, 6) is 0.393. The SMILES string of the molecule is COc1ccc(C(CC(=O)O)N=CC=C(N)CCCc2ccc3c(n2)NCCC3)nn1. The van der Waals surface area contributed by atoms with Crippen molar-refractivity contribution < 1.29 is 14.6 Å². The molecular weight excluding hydrogens is 396 g/mol. The van der Waals surface area contributed by atoms with Crippen LogP contribution in [0.4, 0.5) is 5.82 Å². The lowest BCUT2D eigenvalue weighted by Crippen LogP contribution is -2.14. The van der Waals surface area contributed by atoms with Gasteiger partial charge in [0.05, 0.1) is 19.2 Å². The predicted octanol–water partition coefficient (Wildman–Crippen LogP) is 2.69. The van der Waals surface area contributed by atoms with Gasteiger partial charge in [0.2, 0.25) is 5.88 Å². The second kappa shape index (κ2) is 11.1. The van der Waals surface area contributed by atoms with E-state index < -0.39 is 12.0 Å². The van der Waals surface area contributed by atoms with Gasteiger partial charge in [0, 0.05) is 30.2 Å². The first kappa shape index (κ1) is 22.2. The van der Waals surface area contributed by atoms with Crippen molar-refractivity contribution >= 4 is 18.0 Å². The summed E-state index contributed by atoms with van der Waals surface area (Å²) in [5.41, 5.74) is 9.55. The van der Waals surface area contributed by atoms with Gasteiger partial charge < -0.3 is 20.9 Å². The number of pyridine rings is 1. The third-order valence-electron chi connectivity index (χ3n) is 4.98. The van der Waals surface area contributed by atoms with E-state index in [1.165, 1.54) is 18.9 Å². The van der Waals surface area contributed by atoms with Gasteiger partial charge in [-0.3, -0.25) is 9.79 Å². The largest absolute Gasteiger partial charge is 0.481 e. The summed E-state index contributed by atoms with van der Waals surface area (Å²) in [6, 6.07) is 6.87. The standard InChI is InChI=1S/C22H28N6O3/c1-31-20-10-9-18(27-28-20)19(14-21(29)30)24-13-11-16(23)5-2-6-17-8-7-15-4-3-12-25-22(15)26-17/h7-11,13,19H,2-6,12,14,23H2,1H3,(H,25,26)(H,29,30). The summed E-state index contributed by atoms with van der Waals surface area (Å²) < 4.78 is 4.98. The van der Waals surface area contributed by atoms with Crippen LogP contribution in [0.2, 0.25) is 0 Å². The zero-order chi connectivity index (χ0) is 22.1. The van der Waals surface area contributed by atoms with Crippen LogP contribution >= 0.6 is 0 Å². The van der Waals surface area contributed by atoms with Gasteiger partial charge in [-0.1, -0.05) is 6.07 Å². The summed E-state index contributed by atoms with van der Waals surface area (Å²) in [5, 5.41) is 20.4. The Kier molecular flexibility index (Phi) is 7.91. The van der Waals surface area contributed by atoms with Gasteiger partial charge in [-0.15, -0.1) is 10.2 Å². The molecule has 1 aliphatic heterocycles. The molecule has 0 radical (unpaired) electrons. The molecule has 1 aliphatic rings. The number of aryl methyl sites for hydroxylation is 2. The average Bonchev–Trinajstić information content (AvgIpc) is 2.78. The van der Waals surface area contributed by atoms with Gasteiger partial charge in [-0.25, -0.2) is 4.98 Å². The maximum atomic E-state index is 11.2. The molecule has 2 aromatic heterocycles. The molecule has 3 rings (SSSR count). The Morgan fingerprint density at radius 2 is 2.23 bits per heavy atom. The van der Waals surface area contributed by atoms with E-state index >= 15 is 0 Å². The number of fused-ring (bicyclic) bond motifs is 1. The molecule has 0 spiro atoms. The number of nitrogens with one attached hydrogen (secondary N) is 1. The fourth-order valence-electron chi connectivity index (χ4n) is 3.32. The highest BCUT2D eigenvalue weighted by molar-refractivity contribution is 5.73. The highest BCUT2D eigenvalue weighted by atomic mass is 16.5. The number of allylic oxidation sites excluding steroid dienone is 2. The zero-order valence-electron chi connectivity index (χ0n) is 17.6. The maximum absolute atomic E-state index is 11.2. The highest BCUT2D eigenvalue weighted by Crippen LogP contribution is 2.21. The first-order chi connectivity index (χ1) is 15.0. The van der Waals surface area contributed by atoms with E-state index in [1.54, 1.807) is 18.2 Å². The number of carboxylic acid groups (broad SMARTS) is 1. The second-order valence-corrected chi connectivity index (χ2v) is 7.35. The summed E-state index contributed by atoms with van der Waals surface area (Å²) >= 11 is 0. The number of ether oxygens (including phenoxy) is 1. The molecule has 0 saturated carbocycles. The third kappa shape index (κ3) is 6.77. The molecule has 2 aromatic rings. The minimum atomic E-state index is -0.969. The molecule has 0 amide bonds. The van der Waals surface area contributed by atoms with E-state index in [4.69, 9.17) is 20.6 Å². The van der Waals surface area contributed by atoms with E-state index in [0.717, 1.165) is 43.7 Å². The molecule has 31 heavy (non-hydrogen) atoms. The van der Waals surface area contributed by atoms with Crippen LogP contribution in [0.25, 0.3) is 0 Å². The number of hydrogen-bond acceptors (Lipinski definition) is 8. The van der Waals surface area contributed by atoms with Crippen LogP contribution in [0.3, 0.4) is 0 Å². The second-order valence-electron chi connectivity index (χ2n) is 7.35. The molecule has 9 nitrogen and oxygen atoms in total. The minimum Gasteiger partial charge on any atom is -0.481 e. The van der Waals surface area contributed by atoms with Crippen LogP contribution in [-0.4, -0.2) is 46.1 Å². The number of anilines is 1. The smallest absolute Gasteiger partial charge is 0.305 e. The lowest BCUT2D eigenvalue weighted by Gasteiger charge is -2.17. The number of nitrogens with two attached hydrogens (primary N) is 1. The van der Waals surface area contributed by atoms with Crippen LogP contribution in [0, 0.1) is 0 Å². The Balaban J connectivity index is 1.53. The number of carbonyl (C=O) groups is 1. The number of aliphatic carboxylic acids is 1. The van der Waals surface area contributed by atoms with Gasteiger partial charge in [0.15, 0.2) is 0 Å². The molecule has 1 atom stereocenters. The van der Waals surface area contributed by atoms with Crippen LogP contribution in [-0.2, 0) is 17.6 Å². The van der Waals surface area contributed by atoms with Crippen LogP contribution in [0.15, 0.2) is 41.0 Å². The molecule has 1 unspecified atom stereocenters. The number of rotatable bonds is 10. The number of aliphatic imine (C=N–C) groups is 1. The van der Waals surface area contributed by atoms with Crippen molar-refractivity contribution in [2.75, 3.05) is 19.0 Å². The molecule has 9 heteroatoms. The molecule has 0 bridgehead atoms. The van der Waals surface area contributed by atoms with Gasteiger partial charge >= 0.3 is 5.97 Å². The average molecular weight is 425 g/mol. The molecule has 0 aromatic carbocycles. The molecule has 3 heterocycles. The van der Waals surface area contributed by atoms with E-state index in [9.17, 15) is 4.79 Å². The topological polar surface area (TPSA) is 136 Å². The van der Waals surface area contributed by atoms with Crippen molar-refractivity contribution in [2.45, 2.75) is 44.6 Å². The molecule has 4 N–H and O–H groups in total. The lowest BCUT2D eigenvalue weighted by molar-refractivity contribution is -0.137. The molecule has 0 fully saturated rings.